The Balaban J connectivity index is 0.806. The Morgan fingerprint density at radius 1 is 0.642 bits per heavy atom. The Morgan fingerprint density at radius 2 is 1.15 bits per heavy atom. The third kappa shape index (κ3) is 8.50. The molecule has 2 aromatic carbocycles. The Hall–Kier alpha value is -6.72. The molecule has 2 saturated heterocycles. The van der Waals surface area contributed by atoms with Gasteiger partial charge in [-0.1, -0.05) is 0 Å². The van der Waals surface area contributed by atoms with Gasteiger partial charge in [-0.15, -0.1) is 0 Å². The Morgan fingerprint density at radius 3 is 1.70 bits per heavy atom. The predicted molar refractivity (Wildman–Crippen MR) is 247 cm³/mol. The van der Waals surface area contributed by atoms with E-state index in [2.05, 4.69) is 47.7 Å². The molecule has 0 bridgehead atoms. The molecule has 0 amide bonds. The number of hydrogen-bond donors (Lipinski definition) is 2. The van der Waals surface area contributed by atoms with Gasteiger partial charge in [0.25, 0.3) is 0 Å². The SMILES string of the molecule is COc1ccc(F)c(Cc2c[nH]c3ncc(-c4cn(C5CCN(COc6cc(OC)c(F)c(Cc7c[nH]c8ncc(-c9cn(C%10CCN(C)CC%10)nc9C)cc78)c6F)CC5)nc4C)cc23)c1F. The summed E-state index contributed by atoms with van der Waals surface area (Å²) in [6, 6.07) is 8.16. The lowest BCUT2D eigenvalue weighted by Gasteiger charge is -2.31. The number of nitrogens with zero attached hydrogens (tertiary/aromatic N) is 8. The maximum Gasteiger partial charge on any atom is 0.171 e. The third-order valence-electron chi connectivity index (χ3n) is 13.6. The first-order valence-corrected chi connectivity index (χ1v) is 22.6. The van der Waals surface area contributed by atoms with E-state index in [1.165, 1.54) is 32.4 Å². The number of aromatic amines is 2. The number of aryl methyl sites for hydroxylation is 2. The maximum atomic E-state index is 16.4. The molecule has 0 aliphatic carbocycles. The van der Waals surface area contributed by atoms with Crippen molar-refractivity contribution < 1.29 is 31.8 Å². The van der Waals surface area contributed by atoms with Gasteiger partial charge in [0.1, 0.15) is 23.8 Å². The second-order valence-corrected chi connectivity index (χ2v) is 17.8. The van der Waals surface area contributed by atoms with E-state index >= 15 is 13.2 Å². The molecule has 8 heterocycles. The second-order valence-electron chi connectivity index (χ2n) is 17.8. The van der Waals surface area contributed by atoms with Crippen LogP contribution in [0.5, 0.6) is 17.2 Å². The molecule has 13 nitrogen and oxygen atoms in total. The van der Waals surface area contributed by atoms with E-state index in [0.717, 1.165) is 83.2 Å². The van der Waals surface area contributed by atoms with Crippen LogP contribution < -0.4 is 14.2 Å². The largest absolute Gasteiger partial charge is 0.494 e. The Bertz CT molecular complexity index is 3110. The van der Waals surface area contributed by atoms with Crippen molar-refractivity contribution in [2.75, 3.05) is 54.2 Å². The van der Waals surface area contributed by atoms with Crippen LogP contribution in [-0.4, -0.2) is 103 Å². The standard InChI is InChI=1S/C50H52F4N10O3/c1-28-40(25-63(59-28)34-8-12-61(3)13-9-34)33-17-37-31(22-56-50(37)58-24-33)19-39-47(53)44(66-5)20-45(48(39)54)67-27-62-14-10-35(11-15-62)64-26-41(29(2)60-64)32-16-36-30(21-55-49(36)57-23-32)18-38-42(51)6-7-43(65-4)46(38)52/h6-7,16-17,20-26,34-35H,8-15,18-19,27H2,1-5H3,(H,55,57)(H,56,58). The lowest BCUT2D eigenvalue weighted by Crippen LogP contribution is -2.37. The summed E-state index contributed by atoms with van der Waals surface area (Å²) in [6.45, 7) is 7.40. The molecule has 0 radical (unpaired) electrons. The topological polar surface area (TPSA) is 127 Å². The summed E-state index contributed by atoms with van der Waals surface area (Å²) >= 11 is 0. The zero-order chi connectivity index (χ0) is 46.5. The van der Waals surface area contributed by atoms with Crippen molar-refractivity contribution in [3.8, 4) is 39.5 Å². The molecule has 17 heteroatoms. The highest BCUT2D eigenvalue weighted by Gasteiger charge is 2.27. The maximum absolute atomic E-state index is 16.4. The minimum absolute atomic E-state index is 0.0141. The summed E-state index contributed by atoms with van der Waals surface area (Å²) in [5, 5.41) is 11.3. The number of pyridine rings is 2. The quantitative estimate of drug-likeness (QED) is 0.109. The summed E-state index contributed by atoms with van der Waals surface area (Å²) in [6.07, 6.45) is 14.7. The minimum Gasteiger partial charge on any atom is -0.494 e. The van der Waals surface area contributed by atoms with Crippen molar-refractivity contribution in [1.29, 1.82) is 0 Å². The van der Waals surface area contributed by atoms with Crippen LogP contribution in [0.15, 0.2) is 67.5 Å². The number of rotatable bonds is 13. The van der Waals surface area contributed by atoms with Gasteiger partial charge in [-0.25, -0.2) is 27.5 Å². The van der Waals surface area contributed by atoms with Gasteiger partial charge in [-0.05, 0) is 95.1 Å². The summed E-state index contributed by atoms with van der Waals surface area (Å²) in [4.78, 5) is 20.0. The van der Waals surface area contributed by atoms with Crippen LogP contribution in [0.1, 0.15) is 71.4 Å². The molecule has 6 aromatic heterocycles. The number of likely N-dealkylation sites (tertiary alicyclic amines) is 2. The van der Waals surface area contributed by atoms with Gasteiger partial charge in [0.15, 0.2) is 34.7 Å². The van der Waals surface area contributed by atoms with E-state index in [1.54, 1.807) is 24.8 Å². The minimum atomic E-state index is -0.779. The van der Waals surface area contributed by atoms with Crippen molar-refractivity contribution in [2.24, 2.45) is 0 Å². The number of benzene rings is 2. The number of ether oxygens (including phenoxy) is 3. The van der Waals surface area contributed by atoms with Crippen molar-refractivity contribution in [1.82, 2.24) is 49.3 Å². The smallest absolute Gasteiger partial charge is 0.171 e. The zero-order valence-corrected chi connectivity index (χ0v) is 38.1. The van der Waals surface area contributed by atoms with E-state index in [0.29, 0.717) is 41.6 Å². The highest BCUT2D eigenvalue weighted by molar-refractivity contribution is 5.86. The first kappa shape index (κ1) is 44.1. The molecule has 2 aliphatic heterocycles. The van der Waals surface area contributed by atoms with Gasteiger partial charge in [-0.3, -0.25) is 14.3 Å². The summed E-state index contributed by atoms with van der Waals surface area (Å²) in [5.74, 6) is -3.14. The number of H-pyrrole nitrogens is 2. The molecule has 10 rings (SSSR count). The van der Waals surface area contributed by atoms with Crippen molar-refractivity contribution in [3.63, 3.8) is 0 Å². The molecule has 0 unspecified atom stereocenters. The van der Waals surface area contributed by atoms with Crippen molar-refractivity contribution in [3.05, 3.63) is 124 Å². The molecule has 0 spiro atoms. The normalized spacial score (nSPS) is 15.6. The zero-order valence-electron chi connectivity index (χ0n) is 38.1. The number of methoxy groups -OCH3 is 2. The Labute approximate surface area is 384 Å². The van der Waals surface area contributed by atoms with Crippen molar-refractivity contribution in [2.45, 2.75) is 64.5 Å². The molecule has 2 N–H and O–H groups in total. The first-order chi connectivity index (χ1) is 32.5. The predicted octanol–water partition coefficient (Wildman–Crippen LogP) is 9.48. The molecule has 8 aromatic rings. The summed E-state index contributed by atoms with van der Waals surface area (Å²) < 4.78 is 82.8. The number of hydrogen-bond acceptors (Lipinski definition) is 9. The van der Waals surface area contributed by atoms with E-state index in [9.17, 15) is 4.39 Å². The molecule has 2 aliphatic rings. The Kier molecular flexibility index (Phi) is 12.0. The van der Waals surface area contributed by atoms with E-state index in [4.69, 9.17) is 24.4 Å². The monoisotopic (exact) mass is 916 g/mol. The number of fused-ring (bicyclic) bond motifs is 2. The fourth-order valence-electron chi connectivity index (χ4n) is 9.67. The van der Waals surface area contributed by atoms with Gasteiger partial charge in [0.2, 0.25) is 0 Å². The second kappa shape index (κ2) is 18.2. The number of halogens is 4. The van der Waals surface area contributed by atoms with Crippen LogP contribution in [0.3, 0.4) is 0 Å². The fraction of sp³-hybridized carbons (Fsp3) is 0.360. The molecular weight excluding hydrogens is 865 g/mol. The highest BCUT2D eigenvalue weighted by Crippen LogP contribution is 2.37. The average Bonchev–Trinajstić information content (AvgIpc) is 4.14. The number of nitrogens with one attached hydrogen (secondary N) is 2. The number of piperidine rings is 2. The van der Waals surface area contributed by atoms with Gasteiger partial charge in [-0.2, -0.15) is 10.2 Å². The molecule has 67 heavy (non-hydrogen) atoms. The van der Waals surface area contributed by atoms with Gasteiger partial charge in [0, 0.05) is 113 Å². The third-order valence-corrected chi connectivity index (χ3v) is 13.6. The lowest BCUT2D eigenvalue weighted by atomic mass is 10.0. The lowest BCUT2D eigenvalue weighted by molar-refractivity contribution is 0.0845. The van der Waals surface area contributed by atoms with Gasteiger partial charge < -0.3 is 29.1 Å². The van der Waals surface area contributed by atoms with E-state index < -0.39 is 23.3 Å². The van der Waals surface area contributed by atoms with Crippen molar-refractivity contribution >= 4 is 22.1 Å². The fourth-order valence-corrected chi connectivity index (χ4v) is 9.67. The molecule has 0 saturated carbocycles. The number of aromatic nitrogens is 8. The van der Waals surface area contributed by atoms with Crippen LogP contribution in [0.2, 0.25) is 0 Å². The van der Waals surface area contributed by atoms with Gasteiger partial charge >= 0.3 is 0 Å². The van der Waals surface area contributed by atoms with Crippen LogP contribution in [0.4, 0.5) is 17.6 Å². The molecule has 348 valence electrons. The van der Waals surface area contributed by atoms with Crippen LogP contribution in [-0.2, 0) is 12.8 Å². The van der Waals surface area contributed by atoms with E-state index in [-0.39, 0.29) is 54.0 Å². The highest BCUT2D eigenvalue weighted by atomic mass is 19.1. The van der Waals surface area contributed by atoms with Crippen LogP contribution in [0.25, 0.3) is 44.3 Å². The summed E-state index contributed by atoms with van der Waals surface area (Å²) in [7, 11) is 4.84. The average molecular weight is 917 g/mol. The van der Waals surface area contributed by atoms with Crippen LogP contribution >= 0.6 is 0 Å². The van der Waals surface area contributed by atoms with Gasteiger partial charge in [0.05, 0.1) is 37.7 Å². The first-order valence-electron chi connectivity index (χ1n) is 22.6. The van der Waals surface area contributed by atoms with Crippen LogP contribution in [0, 0.1) is 37.1 Å². The summed E-state index contributed by atoms with van der Waals surface area (Å²) in [5.41, 5.74) is 7.68. The molecular formula is C50H52F4N10O3. The molecule has 0 atom stereocenters. The molecule has 2 fully saturated rings. The van der Waals surface area contributed by atoms with E-state index in [1.807, 2.05) is 36.9 Å².